The molecule has 184 valence electrons. The number of esters is 1. The van der Waals surface area contributed by atoms with Gasteiger partial charge in [-0.15, -0.1) is 0 Å². The van der Waals surface area contributed by atoms with Crippen LogP contribution in [0.1, 0.15) is 58.3 Å². The van der Waals surface area contributed by atoms with Crippen LogP contribution < -0.4 is 9.47 Å². The van der Waals surface area contributed by atoms with Crippen molar-refractivity contribution in [2.75, 3.05) is 13.7 Å². The third-order valence-corrected chi connectivity index (χ3v) is 6.48. The van der Waals surface area contributed by atoms with E-state index in [-0.39, 0.29) is 12.6 Å². The van der Waals surface area contributed by atoms with Gasteiger partial charge in [-0.25, -0.2) is 0 Å². The predicted molar refractivity (Wildman–Crippen MR) is 136 cm³/mol. The number of aldehydes is 1. The van der Waals surface area contributed by atoms with E-state index >= 15 is 0 Å². The number of hydrogen-bond acceptors (Lipinski definition) is 6. The van der Waals surface area contributed by atoms with Gasteiger partial charge >= 0.3 is 5.97 Å². The van der Waals surface area contributed by atoms with Crippen LogP contribution in [0, 0.1) is 11.3 Å². The molecule has 0 heterocycles. The van der Waals surface area contributed by atoms with Gasteiger partial charge in [-0.1, -0.05) is 48.5 Å². The van der Waals surface area contributed by atoms with Gasteiger partial charge in [0.25, 0.3) is 0 Å². The van der Waals surface area contributed by atoms with Crippen LogP contribution in [0.15, 0.2) is 54.6 Å². The summed E-state index contributed by atoms with van der Waals surface area (Å²) in [4.78, 5) is 23.2. The first-order chi connectivity index (χ1) is 17.7. The number of carbonyl (C=O) groups excluding carboxylic acids is 2. The van der Waals surface area contributed by atoms with Crippen LogP contribution in [0.5, 0.6) is 11.5 Å². The molecule has 1 aliphatic rings. The minimum Gasteiger partial charge on any atom is -0.493 e. The third kappa shape index (κ3) is 5.58. The van der Waals surface area contributed by atoms with Crippen molar-refractivity contribution < 1.29 is 23.8 Å². The number of hydrogen-bond donors (Lipinski definition) is 0. The lowest BCUT2D eigenvalue weighted by Gasteiger charge is -2.17. The maximum Gasteiger partial charge on any atom is 0.305 e. The van der Waals surface area contributed by atoms with Crippen molar-refractivity contribution in [3.63, 3.8) is 0 Å². The highest BCUT2D eigenvalue weighted by atomic mass is 16.5. The highest BCUT2D eigenvalue weighted by Gasteiger charge is 2.24. The molecule has 3 aromatic carbocycles. The zero-order chi connectivity index (χ0) is 25.3. The van der Waals surface area contributed by atoms with E-state index in [4.69, 9.17) is 9.47 Å². The van der Waals surface area contributed by atoms with Crippen molar-refractivity contribution in [2.45, 2.75) is 45.1 Å². The fraction of sp³-hybridized carbons (Fsp3) is 0.300. The molecule has 0 amide bonds. The molecule has 0 saturated carbocycles. The molecule has 1 aliphatic carbocycles. The molecular weight excluding hydrogens is 454 g/mol. The first kappa shape index (κ1) is 25.0. The molecule has 0 radical (unpaired) electrons. The zero-order valence-corrected chi connectivity index (χ0v) is 20.4. The van der Waals surface area contributed by atoms with Gasteiger partial charge in [0.05, 0.1) is 24.8 Å². The molecule has 3 aromatic rings. The van der Waals surface area contributed by atoms with Crippen LogP contribution >= 0.6 is 0 Å². The third-order valence-electron chi connectivity index (χ3n) is 6.48. The van der Waals surface area contributed by atoms with Gasteiger partial charge in [0.15, 0.2) is 6.29 Å². The van der Waals surface area contributed by atoms with Crippen molar-refractivity contribution in [1.29, 1.82) is 5.26 Å². The number of ether oxygens (including phenoxy) is 3. The average molecular weight is 484 g/mol. The summed E-state index contributed by atoms with van der Waals surface area (Å²) in [5, 5.41) is 9.92. The van der Waals surface area contributed by atoms with Crippen LogP contribution in [-0.4, -0.2) is 26.0 Å². The Morgan fingerprint density at radius 1 is 1.00 bits per heavy atom. The van der Waals surface area contributed by atoms with Gasteiger partial charge in [0.2, 0.25) is 0 Å². The Morgan fingerprint density at radius 2 is 1.81 bits per heavy atom. The number of methoxy groups -OCH3 is 1. The summed E-state index contributed by atoms with van der Waals surface area (Å²) < 4.78 is 16.9. The molecule has 36 heavy (non-hydrogen) atoms. The SMILES string of the molecule is COC(=O)CCCCOc1cc(OCc2cccc(-c3ccccc3)c2C#N)c2c(c1C=O)CCC2. The Morgan fingerprint density at radius 3 is 2.56 bits per heavy atom. The van der Waals surface area contributed by atoms with Crippen molar-refractivity contribution in [1.82, 2.24) is 0 Å². The highest BCUT2D eigenvalue weighted by Crippen LogP contribution is 2.39. The Kier molecular flexibility index (Phi) is 8.36. The predicted octanol–water partition coefficient (Wildman–Crippen LogP) is 5.83. The van der Waals surface area contributed by atoms with Gasteiger partial charge in [-0.2, -0.15) is 5.26 Å². The molecule has 0 saturated heterocycles. The Balaban J connectivity index is 1.54. The van der Waals surface area contributed by atoms with E-state index in [1.54, 1.807) is 6.07 Å². The van der Waals surface area contributed by atoms with Crippen molar-refractivity contribution in [3.8, 4) is 28.7 Å². The van der Waals surface area contributed by atoms with E-state index in [1.165, 1.54) is 7.11 Å². The van der Waals surface area contributed by atoms with E-state index in [9.17, 15) is 14.9 Å². The molecule has 0 aliphatic heterocycles. The van der Waals surface area contributed by atoms with Gasteiger partial charge < -0.3 is 14.2 Å². The van der Waals surface area contributed by atoms with Gasteiger partial charge in [0, 0.05) is 18.1 Å². The second-order valence-electron chi connectivity index (χ2n) is 8.70. The van der Waals surface area contributed by atoms with Gasteiger partial charge in [-0.05, 0) is 54.4 Å². The molecular formula is C30H29NO5. The average Bonchev–Trinajstić information content (AvgIpc) is 3.41. The summed E-state index contributed by atoms with van der Waals surface area (Å²) in [5.74, 6) is 0.939. The lowest BCUT2D eigenvalue weighted by atomic mass is 9.96. The fourth-order valence-corrected chi connectivity index (χ4v) is 4.64. The van der Waals surface area contributed by atoms with E-state index in [0.29, 0.717) is 48.5 Å². The highest BCUT2D eigenvalue weighted by molar-refractivity contribution is 5.84. The summed E-state index contributed by atoms with van der Waals surface area (Å²) in [5.41, 5.74) is 5.83. The first-order valence-electron chi connectivity index (χ1n) is 12.2. The first-order valence-corrected chi connectivity index (χ1v) is 12.2. The number of benzene rings is 3. The summed E-state index contributed by atoms with van der Waals surface area (Å²) >= 11 is 0. The number of unbranched alkanes of at least 4 members (excludes halogenated alkanes) is 1. The van der Waals surface area contributed by atoms with E-state index in [2.05, 4.69) is 10.8 Å². The minimum atomic E-state index is -0.245. The molecule has 6 heteroatoms. The van der Waals surface area contributed by atoms with Crippen molar-refractivity contribution in [2.24, 2.45) is 0 Å². The molecule has 0 atom stereocenters. The molecule has 0 aromatic heterocycles. The van der Waals surface area contributed by atoms with Crippen molar-refractivity contribution in [3.05, 3.63) is 82.4 Å². The molecule has 0 bridgehead atoms. The monoisotopic (exact) mass is 483 g/mol. The maximum absolute atomic E-state index is 11.9. The fourth-order valence-electron chi connectivity index (χ4n) is 4.64. The molecule has 0 N–H and O–H groups in total. The van der Waals surface area contributed by atoms with Crippen LogP contribution in [0.25, 0.3) is 11.1 Å². The lowest BCUT2D eigenvalue weighted by molar-refractivity contribution is -0.140. The van der Waals surface area contributed by atoms with Crippen molar-refractivity contribution >= 4 is 12.3 Å². The lowest BCUT2D eigenvalue weighted by Crippen LogP contribution is -2.07. The normalized spacial score (nSPS) is 11.9. The summed E-state index contributed by atoms with van der Waals surface area (Å²) in [6.07, 6.45) is 5.08. The summed E-state index contributed by atoms with van der Waals surface area (Å²) in [6.45, 7) is 0.614. The van der Waals surface area contributed by atoms with E-state index in [0.717, 1.165) is 53.4 Å². The Bertz CT molecular complexity index is 1280. The minimum absolute atomic E-state index is 0.231. The van der Waals surface area contributed by atoms with Gasteiger partial charge in [-0.3, -0.25) is 9.59 Å². The van der Waals surface area contributed by atoms with Crippen LogP contribution in [0.2, 0.25) is 0 Å². The topological polar surface area (TPSA) is 85.6 Å². The second kappa shape index (κ2) is 12.0. The number of carbonyl (C=O) groups is 2. The van der Waals surface area contributed by atoms with Crippen LogP contribution in [0.4, 0.5) is 0 Å². The number of rotatable bonds is 11. The maximum atomic E-state index is 11.9. The number of nitriles is 1. The molecule has 0 unspecified atom stereocenters. The summed E-state index contributed by atoms with van der Waals surface area (Å²) in [6, 6.07) is 19.8. The molecule has 4 rings (SSSR count). The van der Waals surface area contributed by atoms with Crippen LogP contribution in [-0.2, 0) is 29.0 Å². The number of nitrogens with zero attached hydrogens (tertiary/aromatic N) is 1. The smallest absolute Gasteiger partial charge is 0.305 e. The Labute approximate surface area is 211 Å². The van der Waals surface area contributed by atoms with E-state index in [1.807, 2.05) is 48.5 Å². The standard InChI is InChI=1S/C30H29NO5/c1-34-30(33)15-5-6-16-35-29-17-28(25-14-8-13-24(25)27(29)19-32)36-20-22-11-7-12-23(26(22)18-31)21-9-3-2-4-10-21/h2-4,7,9-12,17,19H,5-6,8,13-16,20H2,1H3. The number of fused-ring (bicyclic) bond motifs is 1. The second-order valence-corrected chi connectivity index (χ2v) is 8.70. The molecule has 0 fully saturated rings. The largest absolute Gasteiger partial charge is 0.493 e. The molecule has 0 spiro atoms. The Hall–Kier alpha value is -4.11. The van der Waals surface area contributed by atoms with Crippen LogP contribution in [0.3, 0.4) is 0 Å². The molecule has 6 nitrogen and oxygen atoms in total. The van der Waals surface area contributed by atoms with Gasteiger partial charge in [0.1, 0.15) is 24.2 Å². The van der Waals surface area contributed by atoms with E-state index < -0.39 is 0 Å². The zero-order valence-electron chi connectivity index (χ0n) is 20.4. The quantitative estimate of drug-likeness (QED) is 0.194. The summed E-state index contributed by atoms with van der Waals surface area (Å²) in [7, 11) is 1.37.